The second-order valence-electron chi connectivity index (χ2n) is 4.17. The van der Waals surface area contributed by atoms with Crippen LogP contribution in [-0.2, 0) is 22.0 Å². The molecule has 0 saturated carbocycles. The van der Waals surface area contributed by atoms with Gasteiger partial charge in [0.25, 0.3) is 0 Å². The van der Waals surface area contributed by atoms with Crippen LogP contribution >= 0.6 is 22.9 Å². The van der Waals surface area contributed by atoms with Crippen LogP contribution in [0.2, 0.25) is 5.02 Å². The average Bonchev–Trinajstić information content (AvgIpc) is 2.79. The van der Waals surface area contributed by atoms with Crippen molar-refractivity contribution in [2.24, 2.45) is 0 Å². The van der Waals surface area contributed by atoms with Crippen molar-refractivity contribution in [1.29, 1.82) is 0 Å². The van der Waals surface area contributed by atoms with Gasteiger partial charge in [-0.25, -0.2) is 8.42 Å². The number of aryl methyl sites for hydroxylation is 1. The number of sulfone groups is 1. The third-order valence-corrected chi connectivity index (χ3v) is 6.24. The molecule has 102 valence electrons. The summed E-state index contributed by atoms with van der Waals surface area (Å²) in [5.74, 6) is -0.0408. The molecule has 0 bridgehead atoms. The molecule has 0 fully saturated rings. The lowest BCUT2D eigenvalue weighted by atomic mass is 10.3. The molecule has 0 aliphatic heterocycles. The molecule has 2 N–H and O–H groups in total. The highest BCUT2D eigenvalue weighted by Crippen LogP contribution is 2.28. The molecule has 19 heavy (non-hydrogen) atoms. The average molecular weight is 316 g/mol. The predicted molar refractivity (Wildman–Crippen MR) is 80.5 cm³/mol. The molecule has 2 rings (SSSR count). The summed E-state index contributed by atoms with van der Waals surface area (Å²) < 4.78 is 24.7. The van der Waals surface area contributed by atoms with Gasteiger partial charge in [0.2, 0.25) is 0 Å². The van der Waals surface area contributed by atoms with E-state index in [0.717, 1.165) is 11.3 Å². The van der Waals surface area contributed by atoms with Gasteiger partial charge < -0.3 is 5.73 Å². The molecule has 0 radical (unpaired) electrons. The van der Waals surface area contributed by atoms with E-state index in [-0.39, 0.29) is 15.7 Å². The Hall–Kier alpha value is -1.04. The van der Waals surface area contributed by atoms with Crippen LogP contribution in [0.5, 0.6) is 0 Å². The Labute approximate surface area is 121 Å². The largest absolute Gasteiger partial charge is 0.399 e. The van der Waals surface area contributed by atoms with Crippen LogP contribution < -0.4 is 5.73 Å². The van der Waals surface area contributed by atoms with Crippen LogP contribution in [0.4, 0.5) is 5.69 Å². The number of halogens is 1. The van der Waals surface area contributed by atoms with Crippen LogP contribution in [0.25, 0.3) is 0 Å². The Morgan fingerprint density at radius 1 is 1.21 bits per heavy atom. The minimum atomic E-state index is -3.46. The molecular formula is C13H14ClNO2S2. The summed E-state index contributed by atoms with van der Waals surface area (Å²) in [4.78, 5) is 2.08. The molecule has 1 heterocycles. The highest BCUT2D eigenvalue weighted by molar-refractivity contribution is 7.91. The molecule has 0 atom stereocenters. The fourth-order valence-corrected chi connectivity index (χ4v) is 4.94. The van der Waals surface area contributed by atoms with E-state index in [1.165, 1.54) is 28.3 Å². The number of anilines is 1. The van der Waals surface area contributed by atoms with Gasteiger partial charge in [0.1, 0.15) is 0 Å². The quantitative estimate of drug-likeness (QED) is 0.878. The van der Waals surface area contributed by atoms with Crippen LogP contribution in [0.1, 0.15) is 16.7 Å². The van der Waals surface area contributed by atoms with Gasteiger partial charge in [-0.2, -0.15) is 0 Å². The molecule has 0 saturated heterocycles. The van der Waals surface area contributed by atoms with Crippen molar-refractivity contribution in [2.45, 2.75) is 24.0 Å². The minimum absolute atomic E-state index is 0.0408. The molecule has 0 spiro atoms. The summed E-state index contributed by atoms with van der Waals surface area (Å²) >= 11 is 7.46. The second-order valence-corrected chi connectivity index (χ2v) is 7.79. The fourth-order valence-electron chi connectivity index (χ4n) is 1.71. The van der Waals surface area contributed by atoms with E-state index in [2.05, 4.69) is 0 Å². The first-order chi connectivity index (χ1) is 8.92. The lowest BCUT2D eigenvalue weighted by molar-refractivity contribution is 0.596. The smallest absolute Gasteiger partial charge is 0.184 e. The molecule has 1 aromatic carbocycles. The summed E-state index contributed by atoms with van der Waals surface area (Å²) in [7, 11) is -3.46. The van der Waals surface area contributed by atoms with Crippen molar-refractivity contribution in [3.63, 3.8) is 0 Å². The fraction of sp³-hybridized carbons (Fsp3) is 0.231. The van der Waals surface area contributed by atoms with Crippen molar-refractivity contribution in [3.8, 4) is 0 Å². The van der Waals surface area contributed by atoms with Crippen molar-refractivity contribution < 1.29 is 8.42 Å². The van der Waals surface area contributed by atoms with E-state index in [1.54, 1.807) is 6.07 Å². The van der Waals surface area contributed by atoms with Crippen molar-refractivity contribution in [1.82, 2.24) is 0 Å². The first-order valence-electron chi connectivity index (χ1n) is 5.77. The van der Waals surface area contributed by atoms with E-state index >= 15 is 0 Å². The Balaban J connectivity index is 2.34. The minimum Gasteiger partial charge on any atom is -0.399 e. The monoisotopic (exact) mass is 315 g/mol. The Morgan fingerprint density at radius 2 is 1.89 bits per heavy atom. The van der Waals surface area contributed by atoms with Gasteiger partial charge in [0.15, 0.2) is 9.84 Å². The first kappa shape index (κ1) is 14.4. The topological polar surface area (TPSA) is 60.2 Å². The molecule has 0 aliphatic rings. The number of thiophene rings is 1. The summed E-state index contributed by atoms with van der Waals surface area (Å²) in [6.07, 6.45) is 0.907. The SMILES string of the molecule is CCc1ccc(CS(=O)(=O)c2cc(N)ccc2Cl)s1. The molecule has 2 aromatic rings. The number of hydrogen-bond acceptors (Lipinski definition) is 4. The van der Waals surface area contributed by atoms with E-state index < -0.39 is 9.84 Å². The van der Waals surface area contributed by atoms with Gasteiger partial charge in [-0.3, -0.25) is 0 Å². The summed E-state index contributed by atoms with van der Waals surface area (Å²) in [5, 5.41) is 0.210. The standard InChI is InChI=1S/C13H14ClNO2S2/c1-2-10-4-5-11(18-10)8-19(16,17)13-7-9(15)3-6-12(13)14/h3-7H,2,8,15H2,1H3. The van der Waals surface area contributed by atoms with Gasteiger partial charge in [0.05, 0.1) is 15.7 Å². The van der Waals surface area contributed by atoms with E-state index in [0.29, 0.717) is 5.69 Å². The lowest BCUT2D eigenvalue weighted by Gasteiger charge is -2.06. The Morgan fingerprint density at radius 3 is 2.53 bits per heavy atom. The lowest BCUT2D eigenvalue weighted by Crippen LogP contribution is -2.05. The summed E-state index contributed by atoms with van der Waals surface area (Å²) in [6.45, 7) is 2.04. The molecule has 1 aromatic heterocycles. The molecule has 0 aliphatic carbocycles. The zero-order valence-electron chi connectivity index (χ0n) is 10.4. The van der Waals surface area contributed by atoms with Crippen molar-refractivity contribution in [3.05, 3.63) is 45.1 Å². The third kappa shape index (κ3) is 3.29. The van der Waals surface area contributed by atoms with E-state index in [4.69, 9.17) is 17.3 Å². The molecule has 3 nitrogen and oxygen atoms in total. The van der Waals surface area contributed by atoms with Crippen LogP contribution in [0.3, 0.4) is 0 Å². The Bertz CT molecular complexity index is 692. The predicted octanol–water partition coefficient (Wildman–Crippen LogP) is 3.52. The van der Waals surface area contributed by atoms with Gasteiger partial charge in [-0.05, 0) is 36.8 Å². The summed E-state index contributed by atoms with van der Waals surface area (Å²) in [6, 6.07) is 8.31. The number of benzene rings is 1. The number of rotatable bonds is 4. The molecule has 0 amide bonds. The van der Waals surface area contributed by atoms with Crippen LogP contribution in [0.15, 0.2) is 35.2 Å². The van der Waals surface area contributed by atoms with E-state index in [9.17, 15) is 8.42 Å². The number of nitrogens with two attached hydrogens (primary N) is 1. The van der Waals surface area contributed by atoms with Gasteiger partial charge in [-0.1, -0.05) is 18.5 Å². The molecule has 6 heteroatoms. The first-order valence-corrected chi connectivity index (χ1v) is 8.62. The van der Waals surface area contributed by atoms with Crippen LogP contribution in [-0.4, -0.2) is 8.42 Å². The normalized spacial score (nSPS) is 11.7. The zero-order valence-corrected chi connectivity index (χ0v) is 12.8. The molecular weight excluding hydrogens is 302 g/mol. The number of hydrogen-bond donors (Lipinski definition) is 1. The van der Waals surface area contributed by atoms with E-state index in [1.807, 2.05) is 19.1 Å². The van der Waals surface area contributed by atoms with Gasteiger partial charge in [0, 0.05) is 15.4 Å². The van der Waals surface area contributed by atoms with Gasteiger partial charge in [-0.15, -0.1) is 11.3 Å². The van der Waals surface area contributed by atoms with Crippen molar-refractivity contribution >= 4 is 38.5 Å². The van der Waals surface area contributed by atoms with Gasteiger partial charge >= 0.3 is 0 Å². The van der Waals surface area contributed by atoms with Crippen molar-refractivity contribution in [2.75, 3.05) is 5.73 Å². The highest BCUT2D eigenvalue weighted by Gasteiger charge is 2.20. The maximum atomic E-state index is 12.3. The zero-order chi connectivity index (χ0) is 14.0. The second kappa shape index (κ2) is 5.53. The Kier molecular flexibility index (Phi) is 4.18. The van der Waals surface area contributed by atoms with Crippen LogP contribution in [0, 0.1) is 0 Å². The summed E-state index contributed by atoms with van der Waals surface area (Å²) in [5.41, 5.74) is 6.01. The number of nitrogen functional groups attached to an aromatic ring is 1. The maximum Gasteiger partial charge on any atom is 0.184 e. The highest BCUT2D eigenvalue weighted by atomic mass is 35.5. The maximum absolute atomic E-state index is 12.3. The third-order valence-electron chi connectivity index (χ3n) is 2.69. The molecule has 0 unspecified atom stereocenters.